The molecule has 158 valence electrons. The molecule has 6 aromatic carbocycles. The Balaban J connectivity index is 1.41. The Morgan fingerprint density at radius 2 is 1.24 bits per heavy atom. The molecule has 8 rings (SSSR count). The lowest BCUT2D eigenvalue weighted by molar-refractivity contribution is 0.669. The summed E-state index contributed by atoms with van der Waals surface area (Å²) in [5.74, 6) is 0. The SMILES string of the molecule is c1ccc2c(c1)ccc1[nH]c3c(-c4ccc5c(c4)oc4ccc6ccccc6c45)cccc3c12. The largest absolute Gasteiger partial charge is 0.456 e. The van der Waals surface area contributed by atoms with E-state index in [2.05, 4.69) is 114 Å². The molecule has 2 aromatic heterocycles. The number of hydrogen-bond donors (Lipinski definition) is 1. The van der Waals surface area contributed by atoms with Gasteiger partial charge in [0.25, 0.3) is 0 Å². The minimum absolute atomic E-state index is 0.919. The van der Waals surface area contributed by atoms with Gasteiger partial charge in [-0.2, -0.15) is 0 Å². The van der Waals surface area contributed by atoms with Crippen molar-refractivity contribution in [1.82, 2.24) is 4.98 Å². The van der Waals surface area contributed by atoms with E-state index in [0.29, 0.717) is 0 Å². The van der Waals surface area contributed by atoms with E-state index in [1.165, 1.54) is 43.3 Å². The summed E-state index contributed by atoms with van der Waals surface area (Å²) in [6, 6.07) is 38.9. The van der Waals surface area contributed by atoms with E-state index in [1.807, 2.05) is 0 Å². The summed E-state index contributed by atoms with van der Waals surface area (Å²) < 4.78 is 6.34. The van der Waals surface area contributed by atoms with E-state index in [1.54, 1.807) is 0 Å². The first kappa shape index (κ1) is 17.9. The van der Waals surface area contributed by atoms with Gasteiger partial charge in [0.05, 0.1) is 5.52 Å². The highest BCUT2D eigenvalue weighted by Crippen LogP contribution is 2.40. The van der Waals surface area contributed by atoms with E-state index in [4.69, 9.17) is 4.42 Å². The maximum atomic E-state index is 6.34. The van der Waals surface area contributed by atoms with Gasteiger partial charge in [-0.05, 0) is 51.4 Å². The molecule has 0 saturated carbocycles. The monoisotopic (exact) mass is 433 g/mol. The molecule has 0 aliphatic rings. The van der Waals surface area contributed by atoms with Gasteiger partial charge in [-0.1, -0.05) is 84.9 Å². The van der Waals surface area contributed by atoms with Gasteiger partial charge < -0.3 is 9.40 Å². The lowest BCUT2D eigenvalue weighted by Gasteiger charge is -2.04. The van der Waals surface area contributed by atoms with Crippen LogP contribution in [0.4, 0.5) is 0 Å². The average molecular weight is 434 g/mol. The van der Waals surface area contributed by atoms with Gasteiger partial charge in [0.15, 0.2) is 0 Å². The number of fused-ring (bicyclic) bond motifs is 10. The quantitative estimate of drug-likeness (QED) is 0.275. The van der Waals surface area contributed by atoms with Crippen molar-refractivity contribution in [2.45, 2.75) is 0 Å². The zero-order chi connectivity index (χ0) is 22.2. The van der Waals surface area contributed by atoms with E-state index in [0.717, 1.165) is 33.1 Å². The van der Waals surface area contributed by atoms with Gasteiger partial charge in [-0.25, -0.2) is 0 Å². The first-order valence-corrected chi connectivity index (χ1v) is 11.6. The summed E-state index contributed by atoms with van der Waals surface area (Å²) in [6.07, 6.45) is 0. The molecule has 34 heavy (non-hydrogen) atoms. The van der Waals surface area contributed by atoms with Crippen molar-refractivity contribution in [3.8, 4) is 11.1 Å². The summed E-state index contributed by atoms with van der Waals surface area (Å²) >= 11 is 0. The van der Waals surface area contributed by atoms with Gasteiger partial charge in [0.1, 0.15) is 11.2 Å². The van der Waals surface area contributed by atoms with Crippen molar-refractivity contribution in [2.24, 2.45) is 0 Å². The van der Waals surface area contributed by atoms with Crippen LogP contribution in [0.2, 0.25) is 0 Å². The molecule has 0 amide bonds. The summed E-state index contributed by atoms with van der Waals surface area (Å²) in [5, 5.41) is 9.89. The van der Waals surface area contributed by atoms with Crippen LogP contribution in [0.5, 0.6) is 0 Å². The summed E-state index contributed by atoms with van der Waals surface area (Å²) in [7, 11) is 0. The maximum absolute atomic E-state index is 6.34. The first-order valence-electron chi connectivity index (χ1n) is 11.6. The molecule has 0 saturated heterocycles. The third-order valence-corrected chi connectivity index (χ3v) is 7.20. The topological polar surface area (TPSA) is 28.9 Å². The molecule has 0 atom stereocenters. The first-order chi connectivity index (χ1) is 16.8. The van der Waals surface area contributed by atoms with Crippen LogP contribution < -0.4 is 0 Å². The zero-order valence-corrected chi connectivity index (χ0v) is 18.3. The molecule has 8 aromatic rings. The maximum Gasteiger partial charge on any atom is 0.136 e. The van der Waals surface area contributed by atoms with Crippen molar-refractivity contribution in [1.29, 1.82) is 0 Å². The molecule has 0 aliphatic heterocycles. The summed E-state index contributed by atoms with van der Waals surface area (Å²) in [4.78, 5) is 3.71. The van der Waals surface area contributed by atoms with E-state index < -0.39 is 0 Å². The van der Waals surface area contributed by atoms with Crippen LogP contribution in [0.15, 0.2) is 114 Å². The number of benzene rings is 6. The minimum atomic E-state index is 0.919. The minimum Gasteiger partial charge on any atom is -0.456 e. The average Bonchev–Trinajstić information content (AvgIpc) is 3.46. The predicted molar refractivity (Wildman–Crippen MR) is 144 cm³/mol. The lowest BCUT2D eigenvalue weighted by atomic mass is 9.98. The fraction of sp³-hybridized carbons (Fsp3) is 0. The van der Waals surface area contributed by atoms with E-state index >= 15 is 0 Å². The van der Waals surface area contributed by atoms with Crippen molar-refractivity contribution < 1.29 is 4.42 Å². The molecule has 0 unspecified atom stereocenters. The smallest absolute Gasteiger partial charge is 0.136 e. The molecule has 0 spiro atoms. The Bertz CT molecular complexity index is 2070. The molecule has 2 heteroatoms. The molecule has 2 nitrogen and oxygen atoms in total. The van der Waals surface area contributed by atoms with Crippen molar-refractivity contribution in [2.75, 3.05) is 0 Å². The molecular weight excluding hydrogens is 414 g/mol. The second-order valence-electron chi connectivity index (χ2n) is 9.04. The van der Waals surface area contributed by atoms with Crippen LogP contribution >= 0.6 is 0 Å². The molecule has 0 bridgehead atoms. The third kappa shape index (κ3) is 2.35. The lowest BCUT2D eigenvalue weighted by Crippen LogP contribution is -1.80. The summed E-state index contributed by atoms with van der Waals surface area (Å²) in [5.41, 5.74) is 6.51. The number of rotatable bonds is 1. The van der Waals surface area contributed by atoms with Gasteiger partial charge in [0.2, 0.25) is 0 Å². The van der Waals surface area contributed by atoms with Crippen LogP contribution in [0, 0.1) is 0 Å². The standard InChI is InChI=1S/C32H19NO/c1-3-8-22-19(6-1)13-16-27-30(22)26-11-5-10-24(32(26)33-27)21-12-15-25-29(18-21)34-28-17-14-20-7-2-4-9-23(20)31(25)28/h1-18,33H. The number of nitrogens with one attached hydrogen (secondary N) is 1. The van der Waals surface area contributed by atoms with Crippen molar-refractivity contribution in [3.05, 3.63) is 109 Å². The molecule has 0 aliphatic carbocycles. The van der Waals surface area contributed by atoms with Gasteiger partial charge in [-0.3, -0.25) is 0 Å². The molecule has 0 fully saturated rings. The number of furan rings is 1. The fourth-order valence-electron chi connectivity index (χ4n) is 5.65. The molecular formula is C32H19NO. The Morgan fingerprint density at radius 3 is 2.09 bits per heavy atom. The van der Waals surface area contributed by atoms with E-state index in [9.17, 15) is 0 Å². The van der Waals surface area contributed by atoms with Crippen molar-refractivity contribution >= 4 is 65.3 Å². The Labute approximate surface area is 195 Å². The highest BCUT2D eigenvalue weighted by Gasteiger charge is 2.15. The third-order valence-electron chi connectivity index (χ3n) is 7.20. The summed E-state index contributed by atoms with van der Waals surface area (Å²) in [6.45, 7) is 0. The number of hydrogen-bond acceptors (Lipinski definition) is 1. The highest BCUT2D eigenvalue weighted by atomic mass is 16.3. The van der Waals surface area contributed by atoms with Crippen molar-refractivity contribution in [3.63, 3.8) is 0 Å². The second-order valence-corrected chi connectivity index (χ2v) is 9.04. The number of para-hydroxylation sites is 1. The van der Waals surface area contributed by atoms with Crippen LogP contribution in [-0.4, -0.2) is 4.98 Å². The predicted octanol–water partition coefficient (Wildman–Crippen LogP) is 9.19. The normalized spacial score (nSPS) is 12.1. The van der Waals surface area contributed by atoms with Crippen LogP contribution in [0.1, 0.15) is 0 Å². The van der Waals surface area contributed by atoms with Gasteiger partial charge >= 0.3 is 0 Å². The number of aromatic amines is 1. The molecule has 1 N–H and O–H groups in total. The Hall–Kier alpha value is -4.56. The van der Waals surface area contributed by atoms with Gasteiger partial charge in [-0.15, -0.1) is 0 Å². The molecule has 0 radical (unpaired) electrons. The Kier molecular flexibility index (Phi) is 3.42. The van der Waals surface area contributed by atoms with Crippen LogP contribution in [0.3, 0.4) is 0 Å². The van der Waals surface area contributed by atoms with Crippen LogP contribution in [-0.2, 0) is 0 Å². The molecule has 2 heterocycles. The highest BCUT2D eigenvalue weighted by molar-refractivity contribution is 6.23. The second kappa shape index (κ2) is 6.49. The number of H-pyrrole nitrogens is 1. The van der Waals surface area contributed by atoms with Gasteiger partial charge in [0, 0.05) is 32.6 Å². The van der Waals surface area contributed by atoms with E-state index in [-0.39, 0.29) is 0 Å². The fourth-order valence-corrected chi connectivity index (χ4v) is 5.65. The zero-order valence-electron chi connectivity index (χ0n) is 18.3. The Morgan fingerprint density at radius 1 is 0.500 bits per heavy atom. The van der Waals surface area contributed by atoms with Crippen LogP contribution in [0.25, 0.3) is 76.4 Å². The number of aromatic nitrogens is 1.